The Labute approximate surface area is 152 Å². The van der Waals surface area contributed by atoms with Crippen LogP contribution in [0.2, 0.25) is 0 Å². The predicted molar refractivity (Wildman–Crippen MR) is 92.2 cm³/mol. The van der Waals surface area contributed by atoms with Gasteiger partial charge >= 0.3 is 6.43 Å². The predicted octanol–water partition coefficient (Wildman–Crippen LogP) is 4.02. The fraction of sp³-hybridized carbons (Fsp3) is 0.222. The van der Waals surface area contributed by atoms with Gasteiger partial charge in [-0.25, -0.2) is 4.98 Å². The average molecular weight is 371 g/mol. The van der Waals surface area contributed by atoms with Crippen molar-refractivity contribution in [3.63, 3.8) is 0 Å². The van der Waals surface area contributed by atoms with Crippen molar-refractivity contribution < 1.29 is 17.9 Å². The lowest BCUT2D eigenvalue weighted by atomic mass is 10.2. The Balaban J connectivity index is 1.45. The summed E-state index contributed by atoms with van der Waals surface area (Å²) >= 11 is 0. The Bertz CT molecular complexity index is 1060. The molecular formula is C18H15F2N5O2. The molecule has 0 atom stereocenters. The number of hydrogen-bond acceptors (Lipinski definition) is 6. The topological polar surface area (TPSA) is 78.9 Å². The molecule has 4 aromatic rings. The second-order valence-corrected chi connectivity index (χ2v) is 5.75. The van der Waals surface area contributed by atoms with Gasteiger partial charge < -0.3 is 13.7 Å². The molecule has 0 aliphatic heterocycles. The summed E-state index contributed by atoms with van der Waals surface area (Å²) in [6.45, 7) is 3.14. The largest absolute Gasteiger partial charge is 0.487 e. The number of benzene rings is 1. The minimum absolute atomic E-state index is 0.00328. The van der Waals surface area contributed by atoms with E-state index in [1.807, 2.05) is 29.7 Å². The van der Waals surface area contributed by atoms with Crippen molar-refractivity contribution in [1.82, 2.24) is 24.7 Å². The van der Waals surface area contributed by atoms with Crippen LogP contribution in [0.1, 0.15) is 24.9 Å². The van der Waals surface area contributed by atoms with Crippen LogP contribution in [0.15, 0.2) is 47.3 Å². The van der Waals surface area contributed by atoms with Crippen molar-refractivity contribution in [2.24, 2.45) is 0 Å². The number of rotatable bonds is 6. The summed E-state index contributed by atoms with van der Waals surface area (Å²) in [7, 11) is 0. The van der Waals surface area contributed by atoms with Gasteiger partial charge in [0, 0.05) is 18.8 Å². The molecule has 0 saturated heterocycles. The minimum Gasteiger partial charge on any atom is -0.487 e. The van der Waals surface area contributed by atoms with Crippen molar-refractivity contribution in [1.29, 1.82) is 0 Å². The molecule has 0 aliphatic rings. The zero-order chi connectivity index (χ0) is 18.8. The number of fused-ring (bicyclic) bond motifs is 1. The number of pyridine rings is 1. The third kappa shape index (κ3) is 3.48. The Kier molecular flexibility index (Phi) is 4.49. The van der Waals surface area contributed by atoms with E-state index in [0.29, 0.717) is 17.0 Å². The van der Waals surface area contributed by atoms with Crippen LogP contribution in [-0.2, 0) is 13.2 Å². The number of aryl methyl sites for hydroxylation is 1. The average Bonchev–Trinajstić information content (AvgIpc) is 3.33. The van der Waals surface area contributed by atoms with Gasteiger partial charge in [0.05, 0.1) is 28.6 Å². The van der Waals surface area contributed by atoms with Gasteiger partial charge in [0.1, 0.15) is 12.4 Å². The van der Waals surface area contributed by atoms with Gasteiger partial charge in [-0.05, 0) is 31.2 Å². The first-order chi connectivity index (χ1) is 13.1. The van der Waals surface area contributed by atoms with Gasteiger partial charge in [-0.3, -0.25) is 4.98 Å². The fourth-order valence-corrected chi connectivity index (χ4v) is 2.61. The molecule has 3 heterocycles. The van der Waals surface area contributed by atoms with E-state index in [0.717, 1.165) is 17.6 Å². The third-order valence-electron chi connectivity index (χ3n) is 4.02. The summed E-state index contributed by atoms with van der Waals surface area (Å²) in [6.07, 6.45) is 0.482. The van der Waals surface area contributed by atoms with Crippen LogP contribution in [0.25, 0.3) is 22.5 Å². The molecule has 4 rings (SSSR count). The highest BCUT2D eigenvalue weighted by Gasteiger charge is 2.17. The number of nitrogens with zero attached hydrogens (tertiary/aromatic N) is 5. The van der Waals surface area contributed by atoms with E-state index in [9.17, 15) is 8.78 Å². The minimum atomic E-state index is -2.80. The van der Waals surface area contributed by atoms with E-state index < -0.39 is 12.3 Å². The van der Waals surface area contributed by atoms with Crippen LogP contribution in [0.3, 0.4) is 0 Å². The van der Waals surface area contributed by atoms with Crippen LogP contribution in [0, 0.1) is 0 Å². The highest BCUT2D eigenvalue weighted by molar-refractivity contribution is 5.77. The number of ether oxygens (including phenoxy) is 1. The van der Waals surface area contributed by atoms with Gasteiger partial charge in [-0.1, -0.05) is 0 Å². The van der Waals surface area contributed by atoms with Crippen molar-refractivity contribution >= 4 is 11.0 Å². The van der Waals surface area contributed by atoms with Crippen molar-refractivity contribution in [2.75, 3.05) is 0 Å². The van der Waals surface area contributed by atoms with Gasteiger partial charge in [-0.2, -0.15) is 8.78 Å². The maximum absolute atomic E-state index is 12.5. The Hall–Kier alpha value is -3.36. The molecule has 0 unspecified atom stereocenters. The van der Waals surface area contributed by atoms with Crippen molar-refractivity contribution in [3.8, 4) is 17.2 Å². The Morgan fingerprint density at radius 3 is 2.74 bits per heavy atom. The number of hydrogen-bond donors (Lipinski definition) is 0. The van der Waals surface area contributed by atoms with E-state index in [1.54, 1.807) is 18.5 Å². The normalized spacial score (nSPS) is 11.4. The van der Waals surface area contributed by atoms with Gasteiger partial charge in [-0.15, -0.1) is 10.2 Å². The lowest BCUT2D eigenvalue weighted by molar-refractivity contribution is 0.116. The summed E-state index contributed by atoms with van der Waals surface area (Å²) in [5.74, 6) is 0.00437. The van der Waals surface area contributed by atoms with E-state index in [-0.39, 0.29) is 12.5 Å². The molecule has 1 aromatic carbocycles. The fourth-order valence-electron chi connectivity index (χ4n) is 2.61. The molecule has 0 radical (unpaired) electrons. The van der Waals surface area contributed by atoms with Crippen molar-refractivity contribution in [3.05, 3.63) is 54.4 Å². The molecule has 27 heavy (non-hydrogen) atoms. The van der Waals surface area contributed by atoms with E-state index in [1.165, 1.54) is 6.20 Å². The number of halogens is 2. The lowest BCUT2D eigenvalue weighted by Crippen LogP contribution is -1.98. The van der Waals surface area contributed by atoms with Gasteiger partial charge in [0.15, 0.2) is 0 Å². The molecule has 0 aliphatic carbocycles. The standard InChI is InChI=1S/C18H15F2N5O2/c1-2-25-10-22-14-6-5-13(7-15(14)25)26-9-12-4-3-11(8-21-12)17-23-24-18(27-17)16(19)20/h3-8,10,16H,2,9H2,1H3. The van der Waals surface area contributed by atoms with Gasteiger partial charge in [0.25, 0.3) is 5.89 Å². The molecular weight excluding hydrogens is 356 g/mol. The van der Waals surface area contributed by atoms with Gasteiger partial charge in [0.2, 0.25) is 5.89 Å². The molecule has 138 valence electrons. The number of alkyl halides is 2. The van der Waals surface area contributed by atoms with Crippen LogP contribution < -0.4 is 4.74 Å². The maximum Gasteiger partial charge on any atom is 0.314 e. The zero-order valence-electron chi connectivity index (χ0n) is 14.3. The second-order valence-electron chi connectivity index (χ2n) is 5.75. The SMILES string of the molecule is CCn1cnc2ccc(OCc3ccc(-c4nnc(C(F)F)o4)cn3)cc21. The summed E-state index contributed by atoms with van der Waals surface area (Å²) in [4.78, 5) is 8.58. The van der Waals surface area contributed by atoms with Crippen LogP contribution in [-0.4, -0.2) is 24.7 Å². The Morgan fingerprint density at radius 2 is 2.04 bits per heavy atom. The summed E-state index contributed by atoms with van der Waals surface area (Å²) < 4.78 is 37.8. The van der Waals surface area contributed by atoms with Crippen LogP contribution >= 0.6 is 0 Å². The van der Waals surface area contributed by atoms with E-state index in [4.69, 9.17) is 9.15 Å². The molecule has 0 amide bonds. The zero-order valence-corrected chi connectivity index (χ0v) is 14.3. The highest BCUT2D eigenvalue weighted by atomic mass is 19.3. The summed E-state index contributed by atoms with van der Waals surface area (Å²) in [6, 6.07) is 9.09. The molecule has 0 spiro atoms. The number of imidazole rings is 1. The van der Waals surface area contributed by atoms with Crippen LogP contribution in [0.4, 0.5) is 8.78 Å². The molecule has 9 heteroatoms. The monoisotopic (exact) mass is 371 g/mol. The highest BCUT2D eigenvalue weighted by Crippen LogP contribution is 2.23. The summed E-state index contributed by atoms with van der Waals surface area (Å²) in [5.41, 5.74) is 3.06. The molecule has 0 fully saturated rings. The first kappa shape index (κ1) is 17.1. The molecule has 0 saturated carbocycles. The van der Waals surface area contributed by atoms with Crippen LogP contribution in [0.5, 0.6) is 5.75 Å². The van der Waals surface area contributed by atoms with E-state index in [2.05, 4.69) is 20.2 Å². The van der Waals surface area contributed by atoms with Crippen molar-refractivity contribution in [2.45, 2.75) is 26.5 Å². The smallest absolute Gasteiger partial charge is 0.314 e. The Morgan fingerprint density at radius 1 is 1.15 bits per heavy atom. The third-order valence-corrected chi connectivity index (χ3v) is 4.02. The lowest BCUT2D eigenvalue weighted by Gasteiger charge is -2.07. The first-order valence-electron chi connectivity index (χ1n) is 8.28. The first-order valence-corrected chi connectivity index (χ1v) is 8.28. The maximum atomic E-state index is 12.5. The quantitative estimate of drug-likeness (QED) is 0.509. The number of aromatic nitrogens is 5. The van der Waals surface area contributed by atoms with E-state index >= 15 is 0 Å². The second kappa shape index (κ2) is 7.10. The molecule has 3 aromatic heterocycles. The molecule has 0 N–H and O–H groups in total. The molecule has 0 bridgehead atoms. The summed E-state index contributed by atoms with van der Waals surface area (Å²) in [5, 5.41) is 6.89. The molecule has 7 nitrogen and oxygen atoms in total.